The van der Waals surface area contributed by atoms with Crippen molar-refractivity contribution in [2.75, 3.05) is 5.32 Å². The Morgan fingerprint density at radius 1 is 1.12 bits per heavy atom. The van der Waals surface area contributed by atoms with Gasteiger partial charge in [-0.05, 0) is 24.1 Å². The van der Waals surface area contributed by atoms with Gasteiger partial charge >= 0.3 is 5.97 Å². The first-order chi connectivity index (χ1) is 11.6. The molecule has 2 rings (SSSR count). The zero-order valence-corrected chi connectivity index (χ0v) is 13.5. The lowest BCUT2D eigenvalue weighted by Crippen LogP contribution is -2.13. The van der Waals surface area contributed by atoms with E-state index in [0.29, 0.717) is 17.7 Å². The quantitative estimate of drug-likeness (QED) is 0.785. The molecule has 5 heteroatoms. The highest BCUT2D eigenvalue weighted by Gasteiger charge is 2.10. The van der Waals surface area contributed by atoms with E-state index >= 15 is 0 Å². The average Bonchev–Trinajstić information content (AvgIpc) is 2.60. The number of hydrogen-bond donors (Lipinski definition) is 1. The Bertz CT molecular complexity index is 701. The first-order valence-corrected chi connectivity index (χ1v) is 7.86. The first-order valence-electron chi connectivity index (χ1n) is 7.86. The molecule has 2 aromatic carbocycles. The molecule has 126 valence electrons. The van der Waals surface area contributed by atoms with Gasteiger partial charge in [-0.15, -0.1) is 0 Å². The molecule has 0 aliphatic heterocycles. The van der Waals surface area contributed by atoms with E-state index in [0.717, 1.165) is 5.56 Å². The maximum absolute atomic E-state index is 13.3. The summed E-state index contributed by atoms with van der Waals surface area (Å²) in [6.07, 6.45) is 1.15. The standard InChI is InChI=1S/C19H20FNO3/c1-2-18(22)21-17-12-16(20)10-9-15(17)13-24-19(23)11-8-14-6-4-3-5-7-14/h3-7,9-10,12H,2,8,11,13H2,1H3,(H,21,22). The Morgan fingerprint density at radius 3 is 2.58 bits per heavy atom. The molecule has 1 amide bonds. The summed E-state index contributed by atoms with van der Waals surface area (Å²) in [5.74, 6) is -1.02. The summed E-state index contributed by atoms with van der Waals surface area (Å²) >= 11 is 0. The molecule has 1 N–H and O–H groups in total. The molecule has 0 saturated carbocycles. The fourth-order valence-electron chi connectivity index (χ4n) is 2.15. The molecule has 0 saturated heterocycles. The van der Waals surface area contributed by atoms with E-state index in [2.05, 4.69) is 5.32 Å². The summed E-state index contributed by atoms with van der Waals surface area (Å²) in [6.45, 7) is 1.70. The van der Waals surface area contributed by atoms with E-state index in [9.17, 15) is 14.0 Å². The highest BCUT2D eigenvalue weighted by atomic mass is 19.1. The maximum Gasteiger partial charge on any atom is 0.306 e. The molecule has 0 aliphatic rings. The molecule has 0 aromatic heterocycles. The summed E-state index contributed by atoms with van der Waals surface area (Å²) in [7, 11) is 0. The van der Waals surface area contributed by atoms with Crippen LogP contribution in [-0.4, -0.2) is 11.9 Å². The van der Waals surface area contributed by atoms with E-state index < -0.39 is 5.82 Å². The number of rotatable bonds is 7. The van der Waals surface area contributed by atoms with Gasteiger partial charge in [0.1, 0.15) is 12.4 Å². The van der Waals surface area contributed by atoms with Crippen molar-refractivity contribution in [3.05, 3.63) is 65.5 Å². The Labute approximate surface area is 140 Å². The van der Waals surface area contributed by atoms with E-state index in [1.54, 1.807) is 6.92 Å². The lowest BCUT2D eigenvalue weighted by molar-refractivity contribution is -0.144. The maximum atomic E-state index is 13.3. The minimum Gasteiger partial charge on any atom is -0.461 e. The van der Waals surface area contributed by atoms with Crippen LogP contribution >= 0.6 is 0 Å². The molecule has 24 heavy (non-hydrogen) atoms. The van der Waals surface area contributed by atoms with Crippen molar-refractivity contribution in [2.45, 2.75) is 32.8 Å². The second-order valence-corrected chi connectivity index (χ2v) is 5.35. The first kappa shape index (κ1) is 17.7. The predicted molar refractivity (Wildman–Crippen MR) is 89.9 cm³/mol. The number of esters is 1. The van der Waals surface area contributed by atoms with Crippen LogP contribution in [0.2, 0.25) is 0 Å². The van der Waals surface area contributed by atoms with Gasteiger partial charge < -0.3 is 10.1 Å². The topological polar surface area (TPSA) is 55.4 Å². The SMILES string of the molecule is CCC(=O)Nc1cc(F)ccc1COC(=O)CCc1ccccc1. The van der Waals surface area contributed by atoms with Gasteiger partial charge in [0.25, 0.3) is 0 Å². The van der Waals surface area contributed by atoms with Crippen molar-refractivity contribution in [3.8, 4) is 0 Å². The second kappa shape index (κ2) is 8.82. The number of ether oxygens (including phenoxy) is 1. The van der Waals surface area contributed by atoms with Gasteiger partial charge in [-0.3, -0.25) is 9.59 Å². The Hall–Kier alpha value is -2.69. The van der Waals surface area contributed by atoms with Crippen LogP contribution in [0.1, 0.15) is 30.9 Å². The molecule has 2 aromatic rings. The van der Waals surface area contributed by atoms with Gasteiger partial charge in [-0.2, -0.15) is 0 Å². The molecular formula is C19H20FNO3. The van der Waals surface area contributed by atoms with Gasteiger partial charge in [0.15, 0.2) is 0 Å². The molecule has 0 spiro atoms. The number of carbonyl (C=O) groups is 2. The van der Waals surface area contributed by atoms with Crippen LogP contribution in [0, 0.1) is 5.82 Å². The molecule has 4 nitrogen and oxygen atoms in total. The number of aryl methyl sites for hydroxylation is 1. The van der Waals surface area contributed by atoms with Crippen LogP contribution in [0.4, 0.5) is 10.1 Å². The third-order valence-electron chi connectivity index (χ3n) is 3.52. The van der Waals surface area contributed by atoms with Crippen LogP contribution in [0.3, 0.4) is 0 Å². The Morgan fingerprint density at radius 2 is 1.88 bits per heavy atom. The lowest BCUT2D eigenvalue weighted by Gasteiger charge is -2.11. The third-order valence-corrected chi connectivity index (χ3v) is 3.52. The van der Waals surface area contributed by atoms with Crippen molar-refractivity contribution in [1.82, 2.24) is 0 Å². The van der Waals surface area contributed by atoms with Crippen LogP contribution in [0.5, 0.6) is 0 Å². The van der Waals surface area contributed by atoms with Crippen molar-refractivity contribution < 1.29 is 18.7 Å². The summed E-state index contributed by atoms with van der Waals surface area (Å²) < 4.78 is 18.6. The minimum absolute atomic E-state index is 0.00672. The molecular weight excluding hydrogens is 309 g/mol. The van der Waals surface area contributed by atoms with Gasteiger partial charge in [0, 0.05) is 18.4 Å². The molecule has 0 fully saturated rings. The lowest BCUT2D eigenvalue weighted by atomic mass is 10.1. The molecule has 0 aliphatic carbocycles. The number of carbonyl (C=O) groups excluding carboxylic acids is 2. The fraction of sp³-hybridized carbons (Fsp3) is 0.263. The number of benzene rings is 2. The van der Waals surface area contributed by atoms with Crippen LogP contribution < -0.4 is 5.32 Å². The Kier molecular flexibility index (Phi) is 6.49. The normalized spacial score (nSPS) is 10.2. The van der Waals surface area contributed by atoms with Crippen LogP contribution in [-0.2, 0) is 27.4 Å². The third kappa shape index (κ3) is 5.50. The monoisotopic (exact) mass is 329 g/mol. The summed E-state index contributed by atoms with van der Waals surface area (Å²) in [4.78, 5) is 23.4. The van der Waals surface area contributed by atoms with Crippen molar-refractivity contribution in [2.24, 2.45) is 0 Å². The number of halogens is 1. The van der Waals surface area contributed by atoms with Crippen LogP contribution in [0.25, 0.3) is 0 Å². The van der Waals surface area contributed by atoms with Gasteiger partial charge in [0.2, 0.25) is 5.91 Å². The van der Waals surface area contributed by atoms with Gasteiger partial charge in [0.05, 0.1) is 5.69 Å². The highest BCUT2D eigenvalue weighted by molar-refractivity contribution is 5.91. The average molecular weight is 329 g/mol. The number of amides is 1. The van der Waals surface area contributed by atoms with Crippen molar-refractivity contribution in [3.63, 3.8) is 0 Å². The van der Waals surface area contributed by atoms with Crippen molar-refractivity contribution >= 4 is 17.6 Å². The van der Waals surface area contributed by atoms with Gasteiger partial charge in [-0.1, -0.05) is 43.3 Å². The summed E-state index contributed by atoms with van der Waals surface area (Å²) in [5, 5.41) is 2.61. The van der Waals surface area contributed by atoms with E-state index in [4.69, 9.17) is 4.74 Å². The van der Waals surface area contributed by atoms with Crippen molar-refractivity contribution in [1.29, 1.82) is 0 Å². The highest BCUT2D eigenvalue weighted by Crippen LogP contribution is 2.19. The van der Waals surface area contributed by atoms with Crippen LogP contribution in [0.15, 0.2) is 48.5 Å². The summed E-state index contributed by atoms with van der Waals surface area (Å²) in [5.41, 5.74) is 1.95. The molecule has 0 radical (unpaired) electrons. The fourth-order valence-corrected chi connectivity index (χ4v) is 2.15. The smallest absolute Gasteiger partial charge is 0.306 e. The number of hydrogen-bond acceptors (Lipinski definition) is 3. The zero-order valence-electron chi connectivity index (χ0n) is 13.5. The molecule has 0 unspecified atom stereocenters. The zero-order chi connectivity index (χ0) is 17.4. The van der Waals surface area contributed by atoms with E-state index in [-0.39, 0.29) is 31.3 Å². The molecule has 0 atom stereocenters. The number of anilines is 1. The number of nitrogens with one attached hydrogen (secondary N) is 1. The van der Waals surface area contributed by atoms with Gasteiger partial charge in [-0.25, -0.2) is 4.39 Å². The molecule has 0 heterocycles. The predicted octanol–water partition coefficient (Wildman–Crippen LogP) is 3.85. The minimum atomic E-state index is -0.458. The van der Waals surface area contributed by atoms with E-state index in [1.807, 2.05) is 30.3 Å². The summed E-state index contributed by atoms with van der Waals surface area (Å²) in [6, 6.07) is 13.7. The Balaban J connectivity index is 1.91. The molecule has 0 bridgehead atoms. The van der Waals surface area contributed by atoms with E-state index in [1.165, 1.54) is 18.2 Å². The largest absolute Gasteiger partial charge is 0.461 e. The second-order valence-electron chi connectivity index (χ2n) is 5.35.